The third-order valence-electron chi connectivity index (χ3n) is 0.800. The maximum atomic E-state index is 3.88. The van der Waals surface area contributed by atoms with Gasteiger partial charge in [0.25, 0.3) is 0 Å². The van der Waals surface area contributed by atoms with Crippen LogP contribution in [0.15, 0.2) is 4.99 Å². The molecule has 0 aliphatic rings. The van der Waals surface area contributed by atoms with Crippen LogP contribution in [0.3, 0.4) is 0 Å². The molecular weight excluding hydrogens is 166 g/mol. The molecule has 4 heteroatoms. The van der Waals surface area contributed by atoms with E-state index in [4.69, 9.17) is 0 Å². The van der Waals surface area contributed by atoms with Crippen molar-refractivity contribution < 1.29 is 17.1 Å². The smallest absolute Gasteiger partial charge is 0.432 e. The van der Waals surface area contributed by atoms with Gasteiger partial charge in [-0.3, -0.25) is 0 Å². The van der Waals surface area contributed by atoms with Gasteiger partial charge in [0.1, 0.15) is 0 Å². The molecule has 0 saturated heterocycles. The first-order chi connectivity index (χ1) is 3.72. The molecule has 0 amide bonds. The van der Waals surface area contributed by atoms with E-state index in [1.54, 1.807) is 14.1 Å². The van der Waals surface area contributed by atoms with Crippen molar-refractivity contribution in [2.24, 2.45) is 4.99 Å². The van der Waals surface area contributed by atoms with Gasteiger partial charge in [0.2, 0.25) is 0 Å². The third-order valence-corrected chi connectivity index (χ3v) is 0.800. The van der Waals surface area contributed by atoms with Gasteiger partial charge < -0.3 is 15.2 Å². The molecule has 0 fully saturated rings. The van der Waals surface area contributed by atoms with Crippen molar-refractivity contribution in [3.05, 3.63) is 5.32 Å². The normalized spacial score (nSPS) is 10.0. The molecule has 0 radical (unpaired) electrons. The predicted molar refractivity (Wildman–Crippen MR) is 36.3 cm³/mol. The molecule has 0 spiro atoms. The summed E-state index contributed by atoms with van der Waals surface area (Å²) in [5.74, 6) is 0.769. The predicted octanol–water partition coefficient (Wildman–Crippen LogP) is 0.535. The fourth-order valence-corrected chi connectivity index (χ4v) is 0.500. The number of rotatable bonds is 0. The standard InChI is InChI=1S/C5H12N3.Cu/c1-6-5(7-2)8(3)4;/h1-4H3;/q-1;+1. The zero-order chi connectivity index (χ0) is 6.57. The van der Waals surface area contributed by atoms with Gasteiger partial charge in [0, 0.05) is 5.96 Å². The minimum Gasteiger partial charge on any atom is -0.432 e. The first-order valence-corrected chi connectivity index (χ1v) is 2.46. The second kappa shape index (κ2) is 5.92. The molecule has 9 heavy (non-hydrogen) atoms. The van der Waals surface area contributed by atoms with Gasteiger partial charge in [-0.15, -0.1) is 0 Å². The summed E-state index contributed by atoms with van der Waals surface area (Å²) in [4.78, 5) is 5.74. The summed E-state index contributed by atoms with van der Waals surface area (Å²) in [5, 5.41) is 3.88. The van der Waals surface area contributed by atoms with Crippen molar-refractivity contribution in [3.8, 4) is 0 Å². The summed E-state index contributed by atoms with van der Waals surface area (Å²) in [6, 6.07) is 0. The van der Waals surface area contributed by atoms with Crippen LogP contribution in [-0.4, -0.2) is 39.1 Å². The van der Waals surface area contributed by atoms with Gasteiger partial charge in [0.05, 0.1) is 0 Å². The number of guanidine groups is 1. The maximum absolute atomic E-state index is 3.88. The van der Waals surface area contributed by atoms with E-state index in [0.717, 1.165) is 5.96 Å². The Morgan fingerprint density at radius 3 is 1.89 bits per heavy atom. The van der Waals surface area contributed by atoms with Crippen LogP contribution in [0.1, 0.15) is 0 Å². The fraction of sp³-hybridized carbons (Fsp3) is 0.800. The average molecular weight is 178 g/mol. The summed E-state index contributed by atoms with van der Waals surface area (Å²) in [6.07, 6.45) is 0. The van der Waals surface area contributed by atoms with E-state index in [1.807, 2.05) is 19.0 Å². The fourth-order valence-electron chi connectivity index (χ4n) is 0.500. The number of hydrogen-bond donors (Lipinski definition) is 0. The first kappa shape index (κ1) is 11.6. The van der Waals surface area contributed by atoms with E-state index in [1.165, 1.54) is 0 Å². The largest absolute Gasteiger partial charge is 1.00 e. The minimum atomic E-state index is 0. The molecule has 3 nitrogen and oxygen atoms in total. The van der Waals surface area contributed by atoms with Crippen LogP contribution in [0.4, 0.5) is 0 Å². The Balaban J connectivity index is 0. The Kier molecular flexibility index (Phi) is 7.61. The Hall–Kier alpha value is -0.211. The van der Waals surface area contributed by atoms with E-state index in [-0.39, 0.29) is 17.1 Å². The molecule has 0 N–H and O–H groups in total. The van der Waals surface area contributed by atoms with Crippen molar-refractivity contribution in [2.45, 2.75) is 0 Å². The van der Waals surface area contributed by atoms with Gasteiger partial charge in [-0.25, -0.2) is 0 Å². The molecule has 0 heterocycles. The van der Waals surface area contributed by atoms with E-state index in [0.29, 0.717) is 0 Å². The van der Waals surface area contributed by atoms with Crippen molar-refractivity contribution >= 4 is 5.96 Å². The molecule has 0 rings (SSSR count). The second-order valence-corrected chi connectivity index (χ2v) is 1.64. The van der Waals surface area contributed by atoms with Crippen LogP contribution in [0.2, 0.25) is 0 Å². The minimum absolute atomic E-state index is 0. The van der Waals surface area contributed by atoms with Crippen LogP contribution in [0.25, 0.3) is 5.32 Å². The van der Waals surface area contributed by atoms with Crippen molar-refractivity contribution in [2.75, 3.05) is 28.2 Å². The van der Waals surface area contributed by atoms with E-state index in [2.05, 4.69) is 10.3 Å². The van der Waals surface area contributed by atoms with Gasteiger partial charge >= 0.3 is 17.1 Å². The second-order valence-electron chi connectivity index (χ2n) is 1.64. The van der Waals surface area contributed by atoms with Crippen molar-refractivity contribution in [3.63, 3.8) is 0 Å². The molecule has 0 saturated carbocycles. The summed E-state index contributed by atoms with van der Waals surface area (Å²) in [6.45, 7) is 0. The van der Waals surface area contributed by atoms with E-state index < -0.39 is 0 Å². The quantitative estimate of drug-likeness (QED) is 0.302. The van der Waals surface area contributed by atoms with Crippen LogP contribution >= 0.6 is 0 Å². The average Bonchev–Trinajstić information content (AvgIpc) is 1.69. The zero-order valence-electron chi connectivity index (χ0n) is 6.14. The molecule has 0 atom stereocenters. The summed E-state index contributed by atoms with van der Waals surface area (Å²) >= 11 is 0. The molecule has 0 bridgehead atoms. The molecule has 0 aliphatic carbocycles. The zero-order valence-corrected chi connectivity index (χ0v) is 7.08. The Morgan fingerprint density at radius 2 is 1.89 bits per heavy atom. The van der Waals surface area contributed by atoms with Crippen LogP contribution < -0.4 is 0 Å². The van der Waals surface area contributed by atoms with Gasteiger partial charge in [-0.05, 0) is 28.2 Å². The molecule has 0 aliphatic heterocycles. The molecule has 0 aromatic carbocycles. The van der Waals surface area contributed by atoms with E-state index >= 15 is 0 Å². The van der Waals surface area contributed by atoms with Crippen LogP contribution in [0, 0.1) is 0 Å². The van der Waals surface area contributed by atoms with Gasteiger partial charge in [-0.2, -0.15) is 0 Å². The first-order valence-electron chi connectivity index (χ1n) is 2.46. The Morgan fingerprint density at radius 1 is 1.44 bits per heavy atom. The molecule has 0 aromatic heterocycles. The molecular formula is C5H12CuN3. The van der Waals surface area contributed by atoms with Crippen LogP contribution in [-0.2, 0) is 17.1 Å². The van der Waals surface area contributed by atoms with Gasteiger partial charge in [0.15, 0.2) is 0 Å². The maximum Gasteiger partial charge on any atom is 1.00 e. The molecule has 0 aromatic rings. The van der Waals surface area contributed by atoms with Crippen molar-refractivity contribution in [1.29, 1.82) is 0 Å². The monoisotopic (exact) mass is 177 g/mol. The summed E-state index contributed by atoms with van der Waals surface area (Å²) in [7, 11) is 7.27. The summed E-state index contributed by atoms with van der Waals surface area (Å²) in [5.41, 5.74) is 0. The van der Waals surface area contributed by atoms with Gasteiger partial charge in [-0.1, -0.05) is 0 Å². The topological polar surface area (TPSA) is 29.7 Å². The number of nitrogens with zero attached hydrogens (tertiary/aromatic N) is 3. The molecule has 58 valence electrons. The SMILES string of the molecule is CN=C([N-]C)N(C)C.[Cu+]. The Labute approximate surface area is 67.0 Å². The number of aliphatic imine (C=N–C) groups is 1. The van der Waals surface area contributed by atoms with Crippen LogP contribution in [0.5, 0.6) is 0 Å². The Bertz CT molecular complexity index is 90.2. The van der Waals surface area contributed by atoms with Crippen molar-refractivity contribution in [1.82, 2.24) is 4.90 Å². The number of hydrogen-bond acceptors (Lipinski definition) is 1. The summed E-state index contributed by atoms with van der Waals surface area (Å²) < 4.78 is 0. The van der Waals surface area contributed by atoms with E-state index in [9.17, 15) is 0 Å². The molecule has 0 unspecified atom stereocenters. The third kappa shape index (κ3) is 4.30.